The Hall–Kier alpha value is -0.310. The molecule has 0 saturated heterocycles. The van der Waals surface area contributed by atoms with Crippen LogP contribution in [0.25, 0.3) is 0 Å². The molecule has 2 atom stereocenters. The molecule has 0 amide bonds. The number of rotatable bonds is 8. The van der Waals surface area contributed by atoms with Crippen molar-refractivity contribution in [2.24, 2.45) is 0 Å². The van der Waals surface area contributed by atoms with Crippen molar-refractivity contribution in [1.82, 2.24) is 4.72 Å². The Morgan fingerprint density at radius 1 is 1.53 bits per heavy atom. The van der Waals surface area contributed by atoms with Gasteiger partial charge in [0.1, 0.15) is 0 Å². The number of esters is 1. The highest BCUT2D eigenvalue weighted by atomic mass is 32.2. The number of aliphatic hydroxyl groups excluding tert-OH is 1. The summed E-state index contributed by atoms with van der Waals surface area (Å²) in [7, 11) is -3.72. The van der Waals surface area contributed by atoms with Crippen molar-refractivity contribution in [3.05, 3.63) is 0 Å². The number of hydrogen-bond donors (Lipinski definition) is 2. The minimum Gasteiger partial charge on any atom is -0.465 e. The Kier molecular flexibility index (Phi) is 7.77. The predicted molar refractivity (Wildman–Crippen MR) is 67.4 cm³/mol. The quantitative estimate of drug-likeness (QED) is 0.589. The highest BCUT2D eigenvalue weighted by Crippen LogP contribution is 2.11. The topological polar surface area (TPSA) is 92.7 Å². The van der Waals surface area contributed by atoms with E-state index in [1.807, 2.05) is 0 Å². The summed E-state index contributed by atoms with van der Waals surface area (Å²) >= 11 is 1.35. The van der Waals surface area contributed by atoms with E-state index < -0.39 is 27.8 Å². The summed E-state index contributed by atoms with van der Waals surface area (Å²) in [5, 5.41) is 8.77. The van der Waals surface area contributed by atoms with Crippen LogP contribution in [0.2, 0.25) is 0 Å². The van der Waals surface area contributed by atoms with Crippen LogP contribution >= 0.6 is 11.8 Å². The molecule has 2 unspecified atom stereocenters. The average Bonchev–Trinajstić information content (AvgIpc) is 2.17. The number of sulfonamides is 1. The van der Waals surface area contributed by atoms with Gasteiger partial charge in [-0.3, -0.25) is 4.79 Å². The van der Waals surface area contributed by atoms with Crippen LogP contribution in [0.1, 0.15) is 13.8 Å². The van der Waals surface area contributed by atoms with E-state index in [2.05, 4.69) is 9.46 Å². The van der Waals surface area contributed by atoms with Gasteiger partial charge in [-0.2, -0.15) is 11.8 Å². The fraction of sp³-hybridized carbons (Fsp3) is 0.889. The van der Waals surface area contributed by atoms with Crippen molar-refractivity contribution in [1.29, 1.82) is 0 Å². The van der Waals surface area contributed by atoms with Gasteiger partial charge in [0.15, 0.2) is 5.75 Å². The Morgan fingerprint density at radius 2 is 2.12 bits per heavy atom. The molecule has 2 N–H and O–H groups in total. The maximum atomic E-state index is 11.6. The molecule has 0 aromatic carbocycles. The Morgan fingerprint density at radius 3 is 2.53 bits per heavy atom. The molecular weight excluding hydrogens is 266 g/mol. The molecule has 0 aliphatic carbocycles. The van der Waals surface area contributed by atoms with E-state index in [0.717, 1.165) is 0 Å². The first kappa shape index (κ1) is 16.7. The van der Waals surface area contributed by atoms with Gasteiger partial charge >= 0.3 is 5.97 Å². The van der Waals surface area contributed by atoms with Crippen molar-refractivity contribution in [3.63, 3.8) is 0 Å². The van der Waals surface area contributed by atoms with Gasteiger partial charge in [-0.15, -0.1) is 0 Å². The molecule has 0 fully saturated rings. The van der Waals surface area contributed by atoms with Gasteiger partial charge in [0.25, 0.3) is 0 Å². The number of nitrogens with one attached hydrogen (secondary N) is 1. The molecule has 0 heterocycles. The second-order valence-electron chi connectivity index (χ2n) is 3.43. The van der Waals surface area contributed by atoms with E-state index in [0.29, 0.717) is 0 Å². The van der Waals surface area contributed by atoms with Crippen molar-refractivity contribution in [3.8, 4) is 0 Å². The van der Waals surface area contributed by atoms with E-state index in [1.165, 1.54) is 11.8 Å². The van der Waals surface area contributed by atoms with Crippen LogP contribution in [0.4, 0.5) is 0 Å². The van der Waals surface area contributed by atoms with Gasteiger partial charge in [0, 0.05) is 11.3 Å². The third-order valence-corrected chi connectivity index (χ3v) is 4.53. The smallest absolute Gasteiger partial charge is 0.322 e. The van der Waals surface area contributed by atoms with Crippen LogP contribution < -0.4 is 4.72 Å². The summed E-state index contributed by atoms with van der Waals surface area (Å²) in [5.74, 6) is -1.48. The lowest BCUT2D eigenvalue weighted by atomic mass is 10.3. The highest BCUT2D eigenvalue weighted by Gasteiger charge is 2.24. The molecule has 0 rings (SSSR count). The molecule has 0 aliphatic heterocycles. The molecule has 8 heteroatoms. The zero-order chi connectivity index (χ0) is 13.5. The van der Waals surface area contributed by atoms with Crippen LogP contribution in [-0.4, -0.2) is 56.0 Å². The SMILES string of the molecule is CCOC(=O)CS(=O)(=O)NC(C)C(CO)SC. The molecule has 0 bridgehead atoms. The first-order valence-electron chi connectivity index (χ1n) is 5.15. The van der Waals surface area contributed by atoms with Crippen molar-refractivity contribution < 1.29 is 23.1 Å². The molecule has 0 saturated carbocycles. The van der Waals surface area contributed by atoms with E-state index in [1.54, 1.807) is 20.1 Å². The summed E-state index contributed by atoms with van der Waals surface area (Å²) < 4.78 is 30.0. The molecule has 0 aromatic heterocycles. The van der Waals surface area contributed by atoms with Crippen molar-refractivity contribution in [2.75, 3.05) is 25.2 Å². The fourth-order valence-corrected chi connectivity index (χ4v) is 3.11. The number of hydrogen-bond acceptors (Lipinski definition) is 6. The zero-order valence-electron chi connectivity index (χ0n) is 10.2. The maximum absolute atomic E-state index is 11.6. The average molecular weight is 285 g/mol. The molecule has 17 heavy (non-hydrogen) atoms. The highest BCUT2D eigenvalue weighted by molar-refractivity contribution is 7.99. The van der Waals surface area contributed by atoms with E-state index in [-0.39, 0.29) is 18.5 Å². The van der Waals surface area contributed by atoms with Gasteiger partial charge in [0.2, 0.25) is 10.0 Å². The van der Waals surface area contributed by atoms with E-state index in [9.17, 15) is 13.2 Å². The van der Waals surface area contributed by atoms with Gasteiger partial charge < -0.3 is 9.84 Å². The lowest BCUT2D eigenvalue weighted by Crippen LogP contribution is -2.43. The maximum Gasteiger partial charge on any atom is 0.322 e. The standard InChI is InChI=1S/C9H19NO5S2/c1-4-15-9(12)6-17(13,14)10-7(2)8(5-11)16-3/h7-8,10-11H,4-6H2,1-3H3. The summed E-state index contributed by atoms with van der Waals surface area (Å²) in [5.41, 5.74) is 0. The molecule has 102 valence electrons. The Bertz CT molecular complexity index is 326. The van der Waals surface area contributed by atoms with E-state index >= 15 is 0 Å². The van der Waals surface area contributed by atoms with Crippen LogP contribution in [-0.2, 0) is 19.6 Å². The first-order chi connectivity index (χ1) is 7.86. The number of thioether (sulfide) groups is 1. The summed E-state index contributed by atoms with van der Waals surface area (Å²) in [6.07, 6.45) is 1.77. The van der Waals surface area contributed by atoms with Crippen LogP contribution in [0.5, 0.6) is 0 Å². The first-order valence-corrected chi connectivity index (χ1v) is 8.09. The van der Waals surface area contributed by atoms with Crippen LogP contribution in [0, 0.1) is 0 Å². The molecular formula is C9H19NO5S2. The number of carbonyl (C=O) groups is 1. The van der Waals surface area contributed by atoms with Gasteiger partial charge in [-0.1, -0.05) is 0 Å². The second kappa shape index (κ2) is 7.91. The molecule has 0 radical (unpaired) electrons. The van der Waals surface area contributed by atoms with Crippen molar-refractivity contribution in [2.45, 2.75) is 25.1 Å². The molecule has 0 aliphatic rings. The summed E-state index contributed by atoms with van der Waals surface area (Å²) in [6, 6.07) is -0.450. The Labute approximate surface area is 106 Å². The van der Waals surface area contributed by atoms with E-state index in [4.69, 9.17) is 5.11 Å². The predicted octanol–water partition coefficient (Wildman–Crippen LogP) is -0.419. The number of ether oxygens (including phenoxy) is 1. The normalized spacial score (nSPS) is 15.3. The summed E-state index contributed by atoms with van der Waals surface area (Å²) in [6.45, 7) is 3.26. The minimum atomic E-state index is -3.72. The zero-order valence-corrected chi connectivity index (χ0v) is 11.8. The third-order valence-electron chi connectivity index (χ3n) is 2.02. The second-order valence-corrected chi connectivity index (χ2v) is 6.26. The molecule has 0 aromatic rings. The molecule has 6 nitrogen and oxygen atoms in total. The fourth-order valence-electron chi connectivity index (χ4n) is 1.20. The largest absolute Gasteiger partial charge is 0.465 e. The van der Waals surface area contributed by atoms with Crippen LogP contribution in [0.15, 0.2) is 0 Å². The monoisotopic (exact) mass is 285 g/mol. The minimum absolute atomic E-state index is 0.135. The van der Waals surface area contributed by atoms with Crippen molar-refractivity contribution >= 4 is 27.8 Å². The number of aliphatic hydroxyl groups is 1. The lowest BCUT2D eigenvalue weighted by molar-refractivity contribution is -0.139. The summed E-state index contributed by atoms with van der Waals surface area (Å²) in [4.78, 5) is 11.1. The third kappa shape index (κ3) is 6.87. The van der Waals surface area contributed by atoms with Crippen LogP contribution in [0.3, 0.4) is 0 Å². The van der Waals surface area contributed by atoms with Gasteiger partial charge in [0.05, 0.1) is 13.2 Å². The lowest BCUT2D eigenvalue weighted by Gasteiger charge is -2.20. The van der Waals surface area contributed by atoms with Gasteiger partial charge in [-0.05, 0) is 20.1 Å². The Balaban J connectivity index is 4.39. The molecule has 0 spiro atoms. The van der Waals surface area contributed by atoms with Gasteiger partial charge in [-0.25, -0.2) is 13.1 Å². The number of carbonyl (C=O) groups excluding carboxylic acids is 1.